The SMILES string of the molecule is C=CC(C)(C)c1cc2c(cc1-c1ccccc1)Cc1c-2cc(C(C)(C)C)c(-c2ccccc2)c1C1C=CC=C1. The molecule has 0 fully saturated rings. The van der Waals surface area contributed by atoms with Gasteiger partial charge in [0, 0.05) is 11.3 Å². The smallest absolute Gasteiger partial charge is 0.0214 e. The van der Waals surface area contributed by atoms with Crippen LogP contribution >= 0.6 is 0 Å². The van der Waals surface area contributed by atoms with Crippen LogP contribution in [0.2, 0.25) is 0 Å². The van der Waals surface area contributed by atoms with Crippen LogP contribution in [0.25, 0.3) is 33.4 Å². The van der Waals surface area contributed by atoms with Crippen molar-refractivity contribution in [3.63, 3.8) is 0 Å². The molecule has 4 aromatic carbocycles. The highest BCUT2D eigenvalue weighted by atomic mass is 14.4. The quantitative estimate of drug-likeness (QED) is 0.208. The Kier molecular flexibility index (Phi) is 6.11. The summed E-state index contributed by atoms with van der Waals surface area (Å²) in [6, 6.07) is 29.3. The molecule has 6 rings (SSSR count). The van der Waals surface area contributed by atoms with Gasteiger partial charge in [-0.2, -0.15) is 0 Å². The van der Waals surface area contributed by atoms with E-state index in [9.17, 15) is 0 Å². The minimum Gasteiger partial charge on any atom is -0.102 e. The molecule has 0 saturated heterocycles. The molecule has 2 aliphatic rings. The van der Waals surface area contributed by atoms with Crippen molar-refractivity contribution < 1.29 is 0 Å². The van der Waals surface area contributed by atoms with Crippen molar-refractivity contribution in [3.8, 4) is 33.4 Å². The predicted molar refractivity (Wildman–Crippen MR) is 168 cm³/mol. The van der Waals surface area contributed by atoms with E-state index < -0.39 is 0 Å². The van der Waals surface area contributed by atoms with Gasteiger partial charge in [0.25, 0.3) is 0 Å². The van der Waals surface area contributed by atoms with Gasteiger partial charge in [0.2, 0.25) is 0 Å². The molecule has 0 atom stereocenters. The van der Waals surface area contributed by atoms with Crippen molar-refractivity contribution in [1.82, 2.24) is 0 Å². The van der Waals surface area contributed by atoms with E-state index in [-0.39, 0.29) is 16.7 Å². The first-order chi connectivity index (χ1) is 18.7. The molecule has 0 heteroatoms. The van der Waals surface area contributed by atoms with Crippen LogP contribution in [0.3, 0.4) is 0 Å². The topological polar surface area (TPSA) is 0 Å². The van der Waals surface area contributed by atoms with Gasteiger partial charge >= 0.3 is 0 Å². The van der Waals surface area contributed by atoms with Crippen molar-refractivity contribution >= 4 is 0 Å². The summed E-state index contributed by atoms with van der Waals surface area (Å²) in [5.74, 6) is 0.281. The normalized spacial score (nSPS) is 14.5. The van der Waals surface area contributed by atoms with Gasteiger partial charge in [0.05, 0.1) is 0 Å². The maximum absolute atomic E-state index is 4.22. The van der Waals surface area contributed by atoms with Gasteiger partial charge in [-0.3, -0.25) is 0 Å². The fourth-order valence-electron chi connectivity index (χ4n) is 6.41. The zero-order valence-electron chi connectivity index (χ0n) is 23.9. The fraction of sp³-hybridized carbons (Fsp3) is 0.231. The van der Waals surface area contributed by atoms with Gasteiger partial charge in [-0.05, 0) is 91.2 Å². The van der Waals surface area contributed by atoms with Gasteiger partial charge < -0.3 is 0 Å². The summed E-state index contributed by atoms with van der Waals surface area (Å²) in [5.41, 5.74) is 15.0. The Labute approximate surface area is 234 Å². The first kappa shape index (κ1) is 25.4. The average Bonchev–Trinajstić information content (AvgIpc) is 3.60. The van der Waals surface area contributed by atoms with Crippen LogP contribution < -0.4 is 0 Å². The highest BCUT2D eigenvalue weighted by Crippen LogP contribution is 2.51. The summed E-state index contributed by atoms with van der Waals surface area (Å²) in [5, 5.41) is 0. The molecule has 0 N–H and O–H groups in total. The maximum atomic E-state index is 4.22. The van der Waals surface area contributed by atoms with Crippen LogP contribution in [0.4, 0.5) is 0 Å². The summed E-state index contributed by atoms with van der Waals surface area (Å²) in [6.07, 6.45) is 12.2. The Hall–Kier alpha value is -3.90. The molecule has 194 valence electrons. The average molecular weight is 507 g/mol. The minimum absolute atomic E-state index is 0.00304. The molecule has 39 heavy (non-hydrogen) atoms. The standard InChI is InChI=1S/C39H38/c1-7-39(5,6)34-24-30-29(22-31(34)26-16-10-8-11-17-26)23-33-32(30)25-35(38(2,3)4)37(28-18-12-9-13-19-28)36(33)27-20-14-15-21-27/h7-22,24-25,27H,1,23H2,2-6H3. The van der Waals surface area contributed by atoms with Gasteiger partial charge in [-0.25, -0.2) is 0 Å². The predicted octanol–water partition coefficient (Wildman–Crippen LogP) is 10.6. The molecule has 0 unspecified atom stereocenters. The summed E-state index contributed by atoms with van der Waals surface area (Å²) in [4.78, 5) is 0. The molecule has 0 aliphatic heterocycles. The molecule has 0 aromatic heterocycles. The third-order valence-electron chi connectivity index (χ3n) is 8.62. The van der Waals surface area contributed by atoms with Gasteiger partial charge in [-0.1, -0.05) is 126 Å². The molecule has 0 radical (unpaired) electrons. The number of allylic oxidation sites excluding steroid dienone is 5. The van der Waals surface area contributed by atoms with Crippen LogP contribution in [0.15, 0.2) is 116 Å². The number of rotatable bonds is 5. The van der Waals surface area contributed by atoms with Crippen molar-refractivity contribution in [3.05, 3.63) is 144 Å². The number of benzene rings is 4. The van der Waals surface area contributed by atoms with Crippen LogP contribution in [-0.4, -0.2) is 0 Å². The second kappa shape index (κ2) is 9.38. The second-order valence-corrected chi connectivity index (χ2v) is 12.7. The molecule has 4 aromatic rings. The highest BCUT2D eigenvalue weighted by molar-refractivity contribution is 5.89. The van der Waals surface area contributed by atoms with E-state index in [0.29, 0.717) is 0 Å². The Morgan fingerprint density at radius 2 is 1.28 bits per heavy atom. The first-order valence-corrected chi connectivity index (χ1v) is 14.2. The number of fused-ring (bicyclic) bond motifs is 3. The zero-order valence-corrected chi connectivity index (χ0v) is 23.9. The lowest BCUT2D eigenvalue weighted by Gasteiger charge is -2.29. The van der Waals surface area contributed by atoms with Gasteiger partial charge in [0.1, 0.15) is 0 Å². The van der Waals surface area contributed by atoms with E-state index in [2.05, 4.69) is 150 Å². The molecule has 2 aliphatic carbocycles. The molecule has 0 bridgehead atoms. The number of hydrogen-bond donors (Lipinski definition) is 0. The molecule has 0 saturated carbocycles. The monoisotopic (exact) mass is 506 g/mol. The lowest BCUT2D eigenvalue weighted by molar-refractivity contribution is 0.591. The fourth-order valence-corrected chi connectivity index (χ4v) is 6.41. The van der Waals surface area contributed by atoms with Crippen molar-refractivity contribution in [2.75, 3.05) is 0 Å². The molecule has 0 spiro atoms. The lowest BCUT2D eigenvalue weighted by Crippen LogP contribution is -2.16. The van der Waals surface area contributed by atoms with Crippen molar-refractivity contribution in [2.24, 2.45) is 0 Å². The summed E-state index contributed by atoms with van der Waals surface area (Å²) in [7, 11) is 0. The Morgan fingerprint density at radius 3 is 1.87 bits per heavy atom. The summed E-state index contributed by atoms with van der Waals surface area (Å²) >= 11 is 0. The molecule has 0 amide bonds. The van der Waals surface area contributed by atoms with Crippen LogP contribution in [-0.2, 0) is 17.3 Å². The van der Waals surface area contributed by atoms with Gasteiger partial charge in [-0.15, -0.1) is 6.58 Å². The van der Waals surface area contributed by atoms with Gasteiger partial charge in [0.15, 0.2) is 0 Å². The van der Waals surface area contributed by atoms with E-state index in [1.165, 1.54) is 61.2 Å². The Bertz CT molecular complexity index is 1610. The zero-order chi connectivity index (χ0) is 27.4. The van der Waals surface area contributed by atoms with Crippen molar-refractivity contribution in [2.45, 2.75) is 57.8 Å². The van der Waals surface area contributed by atoms with E-state index in [1.807, 2.05) is 0 Å². The van der Waals surface area contributed by atoms with E-state index in [1.54, 1.807) is 0 Å². The van der Waals surface area contributed by atoms with Crippen LogP contribution in [0.1, 0.15) is 68.4 Å². The van der Waals surface area contributed by atoms with Crippen LogP contribution in [0, 0.1) is 0 Å². The maximum Gasteiger partial charge on any atom is 0.0214 e. The largest absolute Gasteiger partial charge is 0.102 e. The molecule has 0 heterocycles. The minimum atomic E-state index is -0.153. The van der Waals surface area contributed by atoms with E-state index in [0.717, 1.165) is 6.42 Å². The molecular formula is C39H38. The summed E-state index contributed by atoms with van der Waals surface area (Å²) < 4.78 is 0. The van der Waals surface area contributed by atoms with Crippen molar-refractivity contribution in [1.29, 1.82) is 0 Å². The number of hydrogen-bond acceptors (Lipinski definition) is 0. The third-order valence-corrected chi connectivity index (χ3v) is 8.62. The highest BCUT2D eigenvalue weighted by Gasteiger charge is 2.33. The summed E-state index contributed by atoms with van der Waals surface area (Å²) in [6.45, 7) is 15.8. The second-order valence-electron chi connectivity index (χ2n) is 12.7. The third kappa shape index (κ3) is 4.33. The molecular weight excluding hydrogens is 468 g/mol. The van der Waals surface area contributed by atoms with E-state index in [4.69, 9.17) is 0 Å². The Balaban J connectivity index is 1.68. The molecule has 0 nitrogen and oxygen atoms in total. The first-order valence-electron chi connectivity index (χ1n) is 14.2. The van der Waals surface area contributed by atoms with E-state index >= 15 is 0 Å². The lowest BCUT2D eigenvalue weighted by atomic mass is 9.74. The van der Waals surface area contributed by atoms with Crippen LogP contribution in [0.5, 0.6) is 0 Å². The Morgan fingerprint density at radius 1 is 0.692 bits per heavy atom.